The van der Waals surface area contributed by atoms with Crippen LogP contribution < -0.4 is 5.32 Å². The standard InChI is InChI=1S/C14H30N2O/c1-3-14-13-17-12-11-16(14)10-8-6-5-7-9-15-4-2/h14-15H,3-13H2,1-2H3. The van der Waals surface area contributed by atoms with Crippen LogP contribution in [0.4, 0.5) is 0 Å². The van der Waals surface area contributed by atoms with E-state index in [1.807, 2.05) is 0 Å². The minimum Gasteiger partial charge on any atom is -0.378 e. The Balaban J connectivity index is 1.97. The monoisotopic (exact) mass is 242 g/mol. The van der Waals surface area contributed by atoms with Gasteiger partial charge in [0.2, 0.25) is 0 Å². The Morgan fingerprint density at radius 2 is 2.00 bits per heavy atom. The van der Waals surface area contributed by atoms with Crippen molar-refractivity contribution in [1.29, 1.82) is 0 Å². The lowest BCUT2D eigenvalue weighted by molar-refractivity contribution is -0.00917. The first-order valence-corrected chi connectivity index (χ1v) is 7.41. The molecule has 0 amide bonds. The van der Waals surface area contributed by atoms with Crippen molar-refractivity contribution in [1.82, 2.24) is 10.2 Å². The van der Waals surface area contributed by atoms with Gasteiger partial charge in [-0.15, -0.1) is 0 Å². The number of rotatable bonds is 9. The fourth-order valence-corrected chi connectivity index (χ4v) is 2.45. The molecule has 0 spiro atoms. The van der Waals surface area contributed by atoms with Crippen molar-refractivity contribution >= 4 is 0 Å². The van der Waals surface area contributed by atoms with Gasteiger partial charge in [0, 0.05) is 12.6 Å². The van der Waals surface area contributed by atoms with Crippen LogP contribution in [0.5, 0.6) is 0 Å². The minimum atomic E-state index is 0.672. The Hall–Kier alpha value is -0.120. The second kappa shape index (κ2) is 9.86. The van der Waals surface area contributed by atoms with Crippen LogP contribution in [0.25, 0.3) is 0 Å². The fourth-order valence-electron chi connectivity index (χ4n) is 2.45. The van der Waals surface area contributed by atoms with Crippen LogP contribution in [-0.2, 0) is 4.74 Å². The zero-order valence-corrected chi connectivity index (χ0v) is 11.7. The molecule has 1 aliphatic heterocycles. The Labute approximate surface area is 107 Å². The predicted molar refractivity (Wildman–Crippen MR) is 73.5 cm³/mol. The third-order valence-electron chi connectivity index (χ3n) is 3.62. The molecular weight excluding hydrogens is 212 g/mol. The van der Waals surface area contributed by atoms with Crippen LogP contribution in [0.2, 0.25) is 0 Å². The molecule has 1 saturated heterocycles. The lowest BCUT2D eigenvalue weighted by Crippen LogP contribution is -2.45. The van der Waals surface area contributed by atoms with E-state index in [9.17, 15) is 0 Å². The molecule has 0 aliphatic carbocycles. The summed E-state index contributed by atoms with van der Waals surface area (Å²) in [5.74, 6) is 0. The van der Waals surface area contributed by atoms with Gasteiger partial charge in [0.05, 0.1) is 13.2 Å². The molecule has 0 aromatic rings. The summed E-state index contributed by atoms with van der Waals surface area (Å²) in [7, 11) is 0. The Kier molecular flexibility index (Phi) is 8.67. The Morgan fingerprint density at radius 1 is 1.18 bits per heavy atom. The molecule has 3 heteroatoms. The van der Waals surface area contributed by atoms with E-state index in [0.29, 0.717) is 6.04 Å². The largest absolute Gasteiger partial charge is 0.378 e. The summed E-state index contributed by atoms with van der Waals surface area (Å²) in [4.78, 5) is 2.62. The highest BCUT2D eigenvalue weighted by Crippen LogP contribution is 2.11. The molecule has 1 N–H and O–H groups in total. The van der Waals surface area contributed by atoms with Gasteiger partial charge in [-0.3, -0.25) is 4.90 Å². The molecule has 1 rings (SSSR count). The molecule has 17 heavy (non-hydrogen) atoms. The number of morpholine rings is 1. The lowest BCUT2D eigenvalue weighted by Gasteiger charge is -2.35. The number of hydrogen-bond donors (Lipinski definition) is 1. The van der Waals surface area contributed by atoms with Gasteiger partial charge < -0.3 is 10.1 Å². The average molecular weight is 242 g/mol. The van der Waals surface area contributed by atoms with Crippen LogP contribution in [0, 0.1) is 0 Å². The minimum absolute atomic E-state index is 0.672. The summed E-state index contributed by atoms with van der Waals surface area (Å²) in [6, 6.07) is 0.672. The highest BCUT2D eigenvalue weighted by molar-refractivity contribution is 4.73. The van der Waals surface area contributed by atoms with Crippen molar-refractivity contribution in [2.75, 3.05) is 39.4 Å². The van der Waals surface area contributed by atoms with E-state index in [1.165, 1.54) is 45.2 Å². The van der Waals surface area contributed by atoms with Gasteiger partial charge in [-0.25, -0.2) is 0 Å². The lowest BCUT2D eigenvalue weighted by atomic mass is 10.1. The van der Waals surface area contributed by atoms with Gasteiger partial charge in [-0.1, -0.05) is 26.7 Å². The zero-order chi connectivity index (χ0) is 12.3. The van der Waals surface area contributed by atoms with E-state index in [4.69, 9.17) is 4.74 Å². The molecule has 0 aromatic carbocycles. The molecule has 102 valence electrons. The number of unbranched alkanes of at least 4 members (excludes halogenated alkanes) is 3. The summed E-state index contributed by atoms with van der Waals surface area (Å²) in [6.07, 6.45) is 6.64. The SMILES string of the molecule is CCNCCCCCCN1CCOCC1CC. The summed E-state index contributed by atoms with van der Waals surface area (Å²) < 4.78 is 5.53. The van der Waals surface area contributed by atoms with Gasteiger partial charge in [0.15, 0.2) is 0 Å². The number of hydrogen-bond acceptors (Lipinski definition) is 3. The number of nitrogens with zero attached hydrogens (tertiary/aromatic N) is 1. The molecule has 0 aromatic heterocycles. The topological polar surface area (TPSA) is 24.5 Å². The van der Waals surface area contributed by atoms with E-state index in [0.717, 1.165) is 26.3 Å². The van der Waals surface area contributed by atoms with Crippen molar-refractivity contribution in [3.63, 3.8) is 0 Å². The molecule has 1 heterocycles. The fraction of sp³-hybridized carbons (Fsp3) is 1.00. The van der Waals surface area contributed by atoms with Gasteiger partial charge in [0.1, 0.15) is 0 Å². The number of nitrogens with one attached hydrogen (secondary N) is 1. The van der Waals surface area contributed by atoms with Crippen LogP contribution in [0.15, 0.2) is 0 Å². The quantitative estimate of drug-likeness (QED) is 0.628. The van der Waals surface area contributed by atoms with Crippen LogP contribution in [0.1, 0.15) is 46.0 Å². The maximum absolute atomic E-state index is 5.53. The summed E-state index contributed by atoms with van der Waals surface area (Å²) >= 11 is 0. The first kappa shape index (κ1) is 14.9. The van der Waals surface area contributed by atoms with Gasteiger partial charge >= 0.3 is 0 Å². The Morgan fingerprint density at radius 3 is 2.76 bits per heavy atom. The maximum Gasteiger partial charge on any atom is 0.0622 e. The van der Waals surface area contributed by atoms with E-state index < -0.39 is 0 Å². The van der Waals surface area contributed by atoms with Crippen molar-refractivity contribution < 1.29 is 4.74 Å². The normalized spacial score (nSPS) is 21.9. The molecule has 3 nitrogen and oxygen atoms in total. The van der Waals surface area contributed by atoms with E-state index >= 15 is 0 Å². The van der Waals surface area contributed by atoms with E-state index in [1.54, 1.807) is 0 Å². The molecule has 1 aliphatic rings. The molecule has 1 unspecified atom stereocenters. The van der Waals surface area contributed by atoms with E-state index in [-0.39, 0.29) is 0 Å². The van der Waals surface area contributed by atoms with Crippen molar-refractivity contribution in [2.24, 2.45) is 0 Å². The highest BCUT2D eigenvalue weighted by atomic mass is 16.5. The summed E-state index contributed by atoms with van der Waals surface area (Å²) in [5, 5.41) is 3.38. The third-order valence-corrected chi connectivity index (χ3v) is 3.62. The third kappa shape index (κ3) is 6.39. The van der Waals surface area contributed by atoms with E-state index in [2.05, 4.69) is 24.1 Å². The van der Waals surface area contributed by atoms with Crippen LogP contribution in [0.3, 0.4) is 0 Å². The smallest absolute Gasteiger partial charge is 0.0622 e. The zero-order valence-electron chi connectivity index (χ0n) is 11.7. The van der Waals surface area contributed by atoms with Gasteiger partial charge in [-0.05, 0) is 38.9 Å². The van der Waals surface area contributed by atoms with Crippen LogP contribution >= 0.6 is 0 Å². The maximum atomic E-state index is 5.53. The molecule has 0 bridgehead atoms. The van der Waals surface area contributed by atoms with Crippen molar-refractivity contribution in [3.8, 4) is 0 Å². The van der Waals surface area contributed by atoms with Crippen molar-refractivity contribution in [2.45, 2.75) is 52.0 Å². The summed E-state index contributed by atoms with van der Waals surface area (Å²) in [6.45, 7) is 11.0. The van der Waals surface area contributed by atoms with Gasteiger partial charge in [0.25, 0.3) is 0 Å². The average Bonchev–Trinajstić information content (AvgIpc) is 2.38. The Bertz CT molecular complexity index is 176. The van der Waals surface area contributed by atoms with Crippen molar-refractivity contribution in [3.05, 3.63) is 0 Å². The molecule has 1 atom stereocenters. The molecule has 0 saturated carbocycles. The first-order valence-electron chi connectivity index (χ1n) is 7.41. The number of ether oxygens (including phenoxy) is 1. The van der Waals surface area contributed by atoms with Gasteiger partial charge in [-0.2, -0.15) is 0 Å². The predicted octanol–water partition coefficient (Wildman–Crippen LogP) is 2.27. The molecule has 0 radical (unpaired) electrons. The highest BCUT2D eigenvalue weighted by Gasteiger charge is 2.20. The first-order chi connectivity index (χ1) is 8.38. The second-order valence-electron chi connectivity index (χ2n) is 4.94. The second-order valence-corrected chi connectivity index (χ2v) is 4.94. The molecule has 1 fully saturated rings. The van der Waals surface area contributed by atoms with Crippen LogP contribution in [-0.4, -0.2) is 50.3 Å². The molecular formula is C14H30N2O. The summed E-state index contributed by atoms with van der Waals surface area (Å²) in [5.41, 5.74) is 0.